The van der Waals surface area contributed by atoms with E-state index in [4.69, 9.17) is 5.26 Å². The summed E-state index contributed by atoms with van der Waals surface area (Å²) < 4.78 is 0. The molecule has 0 atom stereocenters. The minimum absolute atomic E-state index is 0.480. The van der Waals surface area contributed by atoms with Crippen molar-refractivity contribution in [3.63, 3.8) is 0 Å². The Morgan fingerprint density at radius 3 is 3.00 bits per heavy atom. The van der Waals surface area contributed by atoms with Gasteiger partial charge in [0.25, 0.3) is 0 Å². The number of nitrogens with one attached hydrogen (secondary N) is 1. The van der Waals surface area contributed by atoms with Crippen molar-refractivity contribution in [2.45, 2.75) is 18.9 Å². The average Bonchev–Trinajstić information content (AvgIpc) is 2.74. The maximum absolute atomic E-state index is 8.57. The number of nitrogens with zero attached hydrogens (tertiary/aromatic N) is 4. The molecule has 0 saturated carbocycles. The Kier molecular flexibility index (Phi) is 3.48. The van der Waals surface area contributed by atoms with E-state index in [2.05, 4.69) is 26.5 Å². The lowest BCUT2D eigenvalue weighted by molar-refractivity contribution is 0.242. The Bertz CT molecular complexity index is 323. The van der Waals surface area contributed by atoms with Gasteiger partial charge in [-0.3, -0.25) is 4.90 Å². The SMILES string of the molecule is N#CCN1CCC(Nc2nncs2)CC1. The summed E-state index contributed by atoms with van der Waals surface area (Å²) in [5.41, 5.74) is 1.73. The summed E-state index contributed by atoms with van der Waals surface area (Å²) in [6.07, 6.45) is 2.14. The number of hydrogen-bond acceptors (Lipinski definition) is 6. The lowest BCUT2D eigenvalue weighted by Gasteiger charge is -2.30. The quantitative estimate of drug-likeness (QED) is 0.772. The first kappa shape index (κ1) is 10.3. The van der Waals surface area contributed by atoms with Gasteiger partial charge in [0.05, 0.1) is 12.6 Å². The third kappa shape index (κ3) is 2.88. The van der Waals surface area contributed by atoms with Crippen molar-refractivity contribution >= 4 is 16.5 Å². The van der Waals surface area contributed by atoms with Crippen molar-refractivity contribution < 1.29 is 0 Å². The van der Waals surface area contributed by atoms with Gasteiger partial charge in [-0.2, -0.15) is 5.26 Å². The number of rotatable bonds is 3. The van der Waals surface area contributed by atoms with Crippen LogP contribution in [0.3, 0.4) is 0 Å². The molecule has 1 aromatic heterocycles. The number of nitriles is 1. The van der Waals surface area contributed by atoms with Crippen molar-refractivity contribution in [2.75, 3.05) is 25.0 Å². The molecule has 2 rings (SSSR count). The van der Waals surface area contributed by atoms with Gasteiger partial charge < -0.3 is 5.32 Å². The second-order valence-electron chi connectivity index (χ2n) is 3.60. The molecule has 0 unspecified atom stereocenters. The number of anilines is 1. The van der Waals surface area contributed by atoms with Crippen LogP contribution in [0, 0.1) is 11.3 Å². The Balaban J connectivity index is 1.77. The molecule has 0 spiro atoms. The molecule has 0 aromatic carbocycles. The van der Waals surface area contributed by atoms with Crippen LogP contribution in [0.15, 0.2) is 5.51 Å². The Morgan fingerprint density at radius 1 is 1.60 bits per heavy atom. The van der Waals surface area contributed by atoms with Crippen molar-refractivity contribution in [1.29, 1.82) is 5.26 Å². The zero-order valence-corrected chi connectivity index (χ0v) is 9.20. The second kappa shape index (κ2) is 5.05. The Hall–Kier alpha value is -1.19. The fourth-order valence-electron chi connectivity index (χ4n) is 1.75. The first-order valence-electron chi connectivity index (χ1n) is 5.00. The summed E-state index contributed by atoms with van der Waals surface area (Å²) in [6.45, 7) is 2.53. The highest BCUT2D eigenvalue weighted by molar-refractivity contribution is 7.13. The van der Waals surface area contributed by atoms with Gasteiger partial charge in [-0.05, 0) is 12.8 Å². The molecule has 1 N–H and O–H groups in total. The monoisotopic (exact) mass is 223 g/mol. The van der Waals surface area contributed by atoms with Crippen LogP contribution in [0.4, 0.5) is 5.13 Å². The van der Waals surface area contributed by atoms with E-state index < -0.39 is 0 Å². The molecule has 80 valence electrons. The molecule has 1 fully saturated rings. The fraction of sp³-hybridized carbons (Fsp3) is 0.667. The fourth-order valence-corrected chi connectivity index (χ4v) is 2.27. The Morgan fingerprint density at radius 2 is 2.40 bits per heavy atom. The van der Waals surface area contributed by atoms with Crippen molar-refractivity contribution in [2.24, 2.45) is 0 Å². The highest BCUT2D eigenvalue weighted by Gasteiger charge is 2.19. The van der Waals surface area contributed by atoms with E-state index >= 15 is 0 Å². The predicted molar refractivity (Wildman–Crippen MR) is 58.6 cm³/mol. The van der Waals surface area contributed by atoms with Crippen LogP contribution in [0.1, 0.15) is 12.8 Å². The number of aromatic nitrogens is 2. The molecule has 5 nitrogen and oxygen atoms in total. The largest absolute Gasteiger partial charge is 0.357 e. The smallest absolute Gasteiger partial charge is 0.205 e. The molecule has 1 aliphatic rings. The molecule has 1 saturated heterocycles. The van der Waals surface area contributed by atoms with Crippen molar-refractivity contribution in [1.82, 2.24) is 15.1 Å². The van der Waals surface area contributed by atoms with Gasteiger partial charge in [-0.1, -0.05) is 11.3 Å². The third-order valence-corrected chi connectivity index (χ3v) is 3.19. The highest BCUT2D eigenvalue weighted by atomic mass is 32.1. The topological polar surface area (TPSA) is 64.8 Å². The Labute approximate surface area is 92.7 Å². The molecule has 0 amide bonds. The number of likely N-dealkylation sites (tertiary alicyclic amines) is 1. The second-order valence-corrected chi connectivity index (χ2v) is 4.43. The minimum Gasteiger partial charge on any atom is -0.357 e. The first-order chi connectivity index (χ1) is 7.38. The molecule has 0 aliphatic carbocycles. The minimum atomic E-state index is 0.480. The van der Waals surface area contributed by atoms with E-state index in [9.17, 15) is 0 Å². The summed E-state index contributed by atoms with van der Waals surface area (Å²) in [6, 6.07) is 2.66. The van der Waals surface area contributed by atoms with Crippen LogP contribution < -0.4 is 5.32 Å². The summed E-state index contributed by atoms with van der Waals surface area (Å²) in [4.78, 5) is 2.18. The zero-order valence-electron chi connectivity index (χ0n) is 8.39. The third-order valence-electron chi connectivity index (χ3n) is 2.57. The van der Waals surface area contributed by atoms with Gasteiger partial charge in [0.2, 0.25) is 5.13 Å². The van der Waals surface area contributed by atoms with E-state index in [1.807, 2.05) is 0 Å². The average molecular weight is 223 g/mol. The number of piperidine rings is 1. The van der Waals surface area contributed by atoms with Gasteiger partial charge in [-0.15, -0.1) is 10.2 Å². The van der Waals surface area contributed by atoms with E-state index in [1.54, 1.807) is 5.51 Å². The lowest BCUT2D eigenvalue weighted by Crippen LogP contribution is -2.39. The van der Waals surface area contributed by atoms with Crippen molar-refractivity contribution in [3.05, 3.63) is 5.51 Å². The van der Waals surface area contributed by atoms with Crippen LogP contribution in [-0.4, -0.2) is 40.8 Å². The summed E-state index contributed by atoms with van der Waals surface area (Å²) in [5, 5.41) is 20.6. The molecule has 0 bridgehead atoms. The maximum Gasteiger partial charge on any atom is 0.205 e. The highest BCUT2D eigenvalue weighted by Crippen LogP contribution is 2.16. The molecule has 6 heteroatoms. The lowest BCUT2D eigenvalue weighted by atomic mass is 10.1. The van der Waals surface area contributed by atoms with Gasteiger partial charge in [0.15, 0.2) is 0 Å². The van der Waals surface area contributed by atoms with Crippen molar-refractivity contribution in [3.8, 4) is 6.07 Å². The zero-order chi connectivity index (χ0) is 10.5. The van der Waals surface area contributed by atoms with Crippen LogP contribution in [0.2, 0.25) is 0 Å². The van der Waals surface area contributed by atoms with E-state index in [0.717, 1.165) is 31.1 Å². The first-order valence-corrected chi connectivity index (χ1v) is 5.88. The maximum atomic E-state index is 8.57. The number of hydrogen-bond donors (Lipinski definition) is 1. The molecule has 1 aliphatic heterocycles. The van der Waals surface area contributed by atoms with Gasteiger partial charge >= 0.3 is 0 Å². The van der Waals surface area contributed by atoms with Crippen LogP contribution in [0.25, 0.3) is 0 Å². The van der Waals surface area contributed by atoms with E-state index in [0.29, 0.717) is 12.6 Å². The molecule has 2 heterocycles. The van der Waals surface area contributed by atoms with E-state index in [1.165, 1.54) is 11.3 Å². The van der Waals surface area contributed by atoms with Crippen LogP contribution in [-0.2, 0) is 0 Å². The summed E-state index contributed by atoms with van der Waals surface area (Å²) in [5.74, 6) is 0. The molecule has 0 radical (unpaired) electrons. The summed E-state index contributed by atoms with van der Waals surface area (Å²) >= 11 is 1.53. The standard InChI is InChI=1S/C9H13N5S/c10-3-6-14-4-1-8(2-5-14)12-9-13-11-7-15-9/h7-8H,1-2,4-6H2,(H,12,13). The predicted octanol–water partition coefficient (Wildman–Crippen LogP) is 0.938. The van der Waals surface area contributed by atoms with Crippen LogP contribution >= 0.6 is 11.3 Å². The molecule has 1 aromatic rings. The molecule has 15 heavy (non-hydrogen) atoms. The van der Waals surface area contributed by atoms with Gasteiger partial charge in [0.1, 0.15) is 5.51 Å². The summed E-state index contributed by atoms with van der Waals surface area (Å²) in [7, 11) is 0. The van der Waals surface area contributed by atoms with Crippen LogP contribution in [0.5, 0.6) is 0 Å². The molecular formula is C9H13N5S. The normalized spacial score (nSPS) is 18.6. The van der Waals surface area contributed by atoms with E-state index in [-0.39, 0.29) is 0 Å². The molecular weight excluding hydrogens is 210 g/mol. The van der Waals surface area contributed by atoms with Gasteiger partial charge in [-0.25, -0.2) is 0 Å². The van der Waals surface area contributed by atoms with Gasteiger partial charge in [0, 0.05) is 19.1 Å².